The van der Waals surface area contributed by atoms with Crippen LogP contribution in [-0.2, 0) is 20.9 Å². The van der Waals surface area contributed by atoms with E-state index in [1.165, 1.54) is 17.7 Å². The molecule has 0 bridgehead atoms. The molecule has 1 N–H and O–H groups in total. The van der Waals surface area contributed by atoms with Gasteiger partial charge in [0.25, 0.3) is 5.56 Å². The van der Waals surface area contributed by atoms with Gasteiger partial charge >= 0.3 is 5.97 Å². The Bertz CT molecular complexity index is 780. The van der Waals surface area contributed by atoms with Crippen LogP contribution < -0.4 is 10.9 Å². The molecule has 2 rings (SSSR count). The van der Waals surface area contributed by atoms with Crippen molar-refractivity contribution in [1.82, 2.24) is 9.88 Å². The molecule has 0 aliphatic rings. The Balaban J connectivity index is 2.05. The van der Waals surface area contributed by atoms with E-state index < -0.39 is 0 Å². The lowest BCUT2D eigenvalue weighted by Gasteiger charge is -2.12. The van der Waals surface area contributed by atoms with Crippen LogP contribution in [0.2, 0.25) is 0 Å². The Kier molecular flexibility index (Phi) is 5.51. The number of rotatable bonds is 6. The van der Waals surface area contributed by atoms with E-state index >= 15 is 0 Å². The molecule has 6 nitrogen and oxygen atoms in total. The summed E-state index contributed by atoms with van der Waals surface area (Å²) in [6, 6.07) is 9.03. The van der Waals surface area contributed by atoms with Gasteiger partial charge in [0, 0.05) is 24.4 Å². The molecule has 1 aromatic heterocycles. The standard InChI is InChI=1S/C17H20N2O4/c1-12-10-16(21)19(14-7-4-3-6-13(12)14)11-15(20)18-9-5-8-17(22)23-2/h3-4,6-7,10H,5,8-9,11H2,1-2H3,(H,18,20). The van der Waals surface area contributed by atoms with Gasteiger partial charge in [-0.05, 0) is 25.0 Å². The molecule has 0 radical (unpaired) electrons. The first-order valence-electron chi connectivity index (χ1n) is 7.45. The predicted molar refractivity (Wildman–Crippen MR) is 87.2 cm³/mol. The molecule has 0 aliphatic heterocycles. The van der Waals surface area contributed by atoms with Crippen LogP contribution in [0.1, 0.15) is 18.4 Å². The van der Waals surface area contributed by atoms with Gasteiger partial charge in [0.05, 0.1) is 12.6 Å². The largest absolute Gasteiger partial charge is 0.469 e. The lowest BCUT2D eigenvalue weighted by atomic mass is 10.1. The van der Waals surface area contributed by atoms with Crippen LogP contribution in [0.4, 0.5) is 0 Å². The highest BCUT2D eigenvalue weighted by Crippen LogP contribution is 2.15. The molecule has 122 valence electrons. The van der Waals surface area contributed by atoms with Crippen molar-refractivity contribution in [3.63, 3.8) is 0 Å². The molecule has 0 fully saturated rings. The summed E-state index contributed by atoms with van der Waals surface area (Å²) < 4.78 is 5.99. The maximum absolute atomic E-state index is 12.2. The Morgan fingerprint density at radius 1 is 1.26 bits per heavy atom. The molecule has 0 atom stereocenters. The zero-order chi connectivity index (χ0) is 16.8. The number of carbonyl (C=O) groups is 2. The number of aromatic nitrogens is 1. The third kappa shape index (κ3) is 4.18. The number of amides is 1. The van der Waals surface area contributed by atoms with Gasteiger partial charge in [-0.15, -0.1) is 0 Å². The number of pyridine rings is 1. The molecule has 0 saturated heterocycles. The molecular weight excluding hydrogens is 296 g/mol. The minimum atomic E-state index is -0.306. The van der Waals surface area contributed by atoms with Gasteiger partial charge < -0.3 is 10.1 Å². The first kappa shape index (κ1) is 16.7. The zero-order valence-electron chi connectivity index (χ0n) is 13.3. The highest BCUT2D eigenvalue weighted by atomic mass is 16.5. The van der Waals surface area contributed by atoms with Crippen molar-refractivity contribution in [3.8, 4) is 0 Å². The summed E-state index contributed by atoms with van der Waals surface area (Å²) in [7, 11) is 1.33. The SMILES string of the molecule is COC(=O)CCCNC(=O)Cn1c(=O)cc(C)c2ccccc21. The Morgan fingerprint density at radius 2 is 2.00 bits per heavy atom. The van der Waals surface area contributed by atoms with Gasteiger partial charge in [-0.25, -0.2) is 0 Å². The van der Waals surface area contributed by atoms with Crippen LogP contribution in [0, 0.1) is 6.92 Å². The summed E-state index contributed by atoms with van der Waals surface area (Å²) >= 11 is 0. The van der Waals surface area contributed by atoms with E-state index in [1.54, 1.807) is 0 Å². The number of aryl methyl sites for hydroxylation is 1. The minimum absolute atomic E-state index is 0.0438. The third-order valence-corrected chi connectivity index (χ3v) is 3.63. The van der Waals surface area contributed by atoms with Gasteiger partial charge in [-0.1, -0.05) is 18.2 Å². The quantitative estimate of drug-likeness (QED) is 0.645. The number of nitrogens with zero attached hydrogens (tertiary/aromatic N) is 1. The second-order valence-corrected chi connectivity index (χ2v) is 5.30. The highest BCUT2D eigenvalue weighted by molar-refractivity contribution is 5.84. The maximum Gasteiger partial charge on any atom is 0.305 e. The molecule has 0 spiro atoms. The lowest BCUT2D eigenvalue weighted by Crippen LogP contribution is -2.33. The summed E-state index contributed by atoms with van der Waals surface area (Å²) in [5.41, 5.74) is 1.42. The van der Waals surface area contributed by atoms with Crippen LogP contribution in [0.5, 0.6) is 0 Å². The van der Waals surface area contributed by atoms with Gasteiger partial charge in [-0.2, -0.15) is 0 Å². The average Bonchev–Trinajstić information content (AvgIpc) is 2.55. The fourth-order valence-electron chi connectivity index (χ4n) is 2.43. The van der Waals surface area contributed by atoms with E-state index in [4.69, 9.17) is 0 Å². The van der Waals surface area contributed by atoms with Gasteiger partial charge in [-0.3, -0.25) is 19.0 Å². The van der Waals surface area contributed by atoms with Crippen LogP contribution >= 0.6 is 0 Å². The smallest absolute Gasteiger partial charge is 0.305 e. The van der Waals surface area contributed by atoms with Crippen molar-refractivity contribution in [2.45, 2.75) is 26.3 Å². The van der Waals surface area contributed by atoms with Crippen LogP contribution in [0.15, 0.2) is 35.1 Å². The number of nitrogens with one attached hydrogen (secondary N) is 1. The highest BCUT2D eigenvalue weighted by Gasteiger charge is 2.10. The van der Waals surface area contributed by atoms with Crippen molar-refractivity contribution in [2.75, 3.05) is 13.7 Å². The van der Waals surface area contributed by atoms with Crippen LogP contribution in [0.3, 0.4) is 0 Å². The maximum atomic E-state index is 12.2. The van der Waals surface area contributed by atoms with Crippen molar-refractivity contribution in [3.05, 3.63) is 46.2 Å². The predicted octanol–water partition coefficient (Wildman–Crippen LogP) is 1.38. The second kappa shape index (κ2) is 7.58. The van der Waals surface area contributed by atoms with E-state index in [0.29, 0.717) is 13.0 Å². The second-order valence-electron chi connectivity index (χ2n) is 5.30. The van der Waals surface area contributed by atoms with Crippen LogP contribution in [-0.4, -0.2) is 30.1 Å². The zero-order valence-corrected chi connectivity index (χ0v) is 13.3. The number of carbonyl (C=O) groups excluding carboxylic acids is 2. The summed E-state index contributed by atoms with van der Waals surface area (Å²) in [5.74, 6) is -0.564. The average molecular weight is 316 g/mol. The molecule has 23 heavy (non-hydrogen) atoms. The topological polar surface area (TPSA) is 77.4 Å². The molecule has 1 heterocycles. The number of ether oxygens (including phenoxy) is 1. The van der Waals surface area contributed by atoms with Gasteiger partial charge in [0.15, 0.2) is 0 Å². The van der Waals surface area contributed by atoms with E-state index in [2.05, 4.69) is 10.1 Å². The summed E-state index contributed by atoms with van der Waals surface area (Å²) in [5, 5.41) is 3.66. The fourth-order valence-corrected chi connectivity index (χ4v) is 2.43. The minimum Gasteiger partial charge on any atom is -0.469 e. The molecule has 1 amide bonds. The van der Waals surface area contributed by atoms with Crippen molar-refractivity contribution in [2.24, 2.45) is 0 Å². The fraction of sp³-hybridized carbons (Fsp3) is 0.353. The summed E-state index contributed by atoms with van der Waals surface area (Å²) in [4.78, 5) is 35.2. The number of hydrogen-bond acceptors (Lipinski definition) is 4. The molecule has 2 aromatic rings. The van der Waals surface area contributed by atoms with Crippen molar-refractivity contribution >= 4 is 22.8 Å². The number of benzene rings is 1. The first-order chi connectivity index (χ1) is 11.0. The molecular formula is C17H20N2O4. The molecule has 6 heteroatoms. The van der Waals surface area contributed by atoms with E-state index in [9.17, 15) is 14.4 Å². The Labute approximate surface area is 134 Å². The number of para-hydroxylation sites is 1. The Morgan fingerprint density at radius 3 is 2.74 bits per heavy atom. The number of esters is 1. The van der Waals surface area contributed by atoms with E-state index in [1.807, 2.05) is 31.2 Å². The number of fused-ring (bicyclic) bond motifs is 1. The van der Waals surface area contributed by atoms with Gasteiger partial charge in [0.1, 0.15) is 6.54 Å². The number of methoxy groups -OCH3 is 1. The van der Waals surface area contributed by atoms with Gasteiger partial charge in [0.2, 0.25) is 5.91 Å². The molecule has 0 aliphatic carbocycles. The van der Waals surface area contributed by atoms with E-state index in [0.717, 1.165) is 16.5 Å². The van der Waals surface area contributed by atoms with Crippen molar-refractivity contribution in [1.29, 1.82) is 0 Å². The van der Waals surface area contributed by atoms with E-state index in [-0.39, 0.29) is 30.4 Å². The lowest BCUT2D eigenvalue weighted by molar-refractivity contribution is -0.140. The Hall–Kier alpha value is -2.63. The monoisotopic (exact) mass is 316 g/mol. The van der Waals surface area contributed by atoms with Crippen LogP contribution in [0.25, 0.3) is 10.9 Å². The molecule has 1 aromatic carbocycles. The third-order valence-electron chi connectivity index (χ3n) is 3.63. The molecule has 0 unspecified atom stereocenters. The summed E-state index contributed by atoms with van der Waals surface area (Å²) in [6.07, 6.45) is 0.756. The summed E-state index contributed by atoms with van der Waals surface area (Å²) in [6.45, 7) is 2.20. The first-order valence-corrected chi connectivity index (χ1v) is 7.45. The van der Waals surface area contributed by atoms with Crippen molar-refractivity contribution < 1.29 is 14.3 Å². The normalized spacial score (nSPS) is 10.5. The number of hydrogen-bond donors (Lipinski definition) is 1. The molecule has 0 saturated carbocycles.